The molecule has 2 rings (SSSR count). The number of hydrogen-bond acceptors (Lipinski definition) is 2. The Kier molecular flexibility index (Phi) is 4.66. The second-order valence-corrected chi connectivity index (χ2v) is 5.40. The fourth-order valence-corrected chi connectivity index (χ4v) is 2.38. The van der Waals surface area contributed by atoms with Gasteiger partial charge in [-0.25, -0.2) is 0 Å². The molecule has 21 heavy (non-hydrogen) atoms. The summed E-state index contributed by atoms with van der Waals surface area (Å²) in [5, 5.41) is 13.7. The van der Waals surface area contributed by atoms with Crippen molar-refractivity contribution in [2.24, 2.45) is 0 Å². The summed E-state index contributed by atoms with van der Waals surface area (Å²) < 4.78 is 0. The second kappa shape index (κ2) is 6.29. The van der Waals surface area contributed by atoms with Gasteiger partial charge in [-0.3, -0.25) is 4.79 Å². The van der Waals surface area contributed by atoms with E-state index in [4.69, 9.17) is 11.6 Å². The van der Waals surface area contributed by atoms with E-state index in [9.17, 15) is 9.90 Å². The molecule has 0 bridgehead atoms. The van der Waals surface area contributed by atoms with Crippen LogP contribution in [-0.4, -0.2) is 17.6 Å². The van der Waals surface area contributed by atoms with Gasteiger partial charge in [-0.15, -0.1) is 0 Å². The molecule has 0 aromatic heterocycles. The third-order valence-corrected chi connectivity index (χ3v) is 3.74. The van der Waals surface area contributed by atoms with Crippen molar-refractivity contribution in [3.63, 3.8) is 0 Å². The Hall–Kier alpha value is -1.84. The van der Waals surface area contributed by atoms with Gasteiger partial charge in [0.05, 0.1) is 0 Å². The number of likely N-dealkylation sites (N-methyl/N-ethyl adjacent to an activating group) is 1. The average Bonchev–Trinajstić information content (AvgIpc) is 2.48. The van der Waals surface area contributed by atoms with Gasteiger partial charge in [0, 0.05) is 17.1 Å². The predicted molar refractivity (Wildman–Crippen MR) is 85.1 cm³/mol. The molecule has 0 fully saturated rings. The van der Waals surface area contributed by atoms with E-state index in [1.54, 1.807) is 12.1 Å². The molecular weight excluding hydrogens is 286 g/mol. The molecule has 0 saturated heterocycles. The molecule has 0 heterocycles. The minimum absolute atomic E-state index is 0.407. The van der Waals surface area contributed by atoms with E-state index < -0.39 is 11.5 Å². The van der Waals surface area contributed by atoms with Crippen LogP contribution >= 0.6 is 11.6 Å². The second-order valence-electron chi connectivity index (χ2n) is 4.99. The molecule has 110 valence electrons. The third kappa shape index (κ3) is 3.26. The molecule has 0 spiro atoms. The first kappa shape index (κ1) is 15.5. The summed E-state index contributed by atoms with van der Waals surface area (Å²) in [7, 11) is 0. The molecule has 0 radical (unpaired) electrons. The lowest BCUT2D eigenvalue weighted by Gasteiger charge is -2.22. The largest absolute Gasteiger partial charge is 0.376 e. The van der Waals surface area contributed by atoms with E-state index in [1.165, 1.54) is 6.92 Å². The van der Waals surface area contributed by atoms with Crippen molar-refractivity contribution in [1.29, 1.82) is 0 Å². The van der Waals surface area contributed by atoms with E-state index in [2.05, 4.69) is 5.32 Å². The summed E-state index contributed by atoms with van der Waals surface area (Å²) in [6.07, 6.45) is 0. The minimum Gasteiger partial charge on any atom is -0.376 e. The number of hydrogen-bond donors (Lipinski definition) is 2. The fourth-order valence-electron chi connectivity index (χ4n) is 2.13. The summed E-state index contributed by atoms with van der Waals surface area (Å²) in [5.74, 6) is -0.407. The maximum Gasteiger partial charge on any atom is 0.256 e. The molecule has 0 aliphatic carbocycles. The number of halogens is 1. The Labute approximate surface area is 129 Å². The van der Waals surface area contributed by atoms with Crippen LogP contribution in [0.25, 0.3) is 11.1 Å². The highest BCUT2D eigenvalue weighted by Gasteiger charge is 2.31. The van der Waals surface area contributed by atoms with Gasteiger partial charge in [-0.05, 0) is 31.0 Å². The average molecular weight is 304 g/mol. The van der Waals surface area contributed by atoms with Crippen molar-refractivity contribution in [3.8, 4) is 11.1 Å². The summed E-state index contributed by atoms with van der Waals surface area (Å²) in [6, 6.07) is 14.7. The van der Waals surface area contributed by atoms with Gasteiger partial charge in [0.15, 0.2) is 5.60 Å². The zero-order chi connectivity index (χ0) is 15.5. The van der Waals surface area contributed by atoms with E-state index in [0.717, 1.165) is 11.1 Å². The van der Waals surface area contributed by atoms with Gasteiger partial charge in [0.2, 0.25) is 0 Å². The van der Waals surface area contributed by atoms with Crippen LogP contribution in [0.2, 0.25) is 5.02 Å². The number of benzene rings is 2. The predicted octanol–water partition coefficient (Wildman–Crippen LogP) is 3.35. The zero-order valence-corrected chi connectivity index (χ0v) is 12.8. The van der Waals surface area contributed by atoms with Gasteiger partial charge < -0.3 is 10.4 Å². The molecule has 1 atom stereocenters. The standard InChI is InChI=1S/C17H18ClNO2/c1-3-19-16(20)17(2,21)13-10-8-12(9-11-13)14-6-4-5-7-15(14)18/h4-11,21H,3H2,1-2H3,(H,19,20). The highest BCUT2D eigenvalue weighted by Crippen LogP contribution is 2.29. The Balaban J connectivity index is 2.31. The molecule has 1 unspecified atom stereocenters. The summed E-state index contributed by atoms with van der Waals surface area (Å²) in [4.78, 5) is 11.9. The van der Waals surface area contributed by atoms with Gasteiger partial charge in [0.25, 0.3) is 5.91 Å². The first-order valence-electron chi connectivity index (χ1n) is 6.83. The molecule has 3 nitrogen and oxygen atoms in total. The Morgan fingerprint density at radius 3 is 2.38 bits per heavy atom. The molecule has 1 amide bonds. The molecule has 0 aliphatic heterocycles. The van der Waals surface area contributed by atoms with E-state index in [-0.39, 0.29) is 0 Å². The molecule has 2 aromatic carbocycles. The van der Waals surface area contributed by atoms with Gasteiger partial charge in [-0.1, -0.05) is 54.1 Å². The monoisotopic (exact) mass is 303 g/mol. The Morgan fingerprint density at radius 1 is 1.19 bits per heavy atom. The lowest BCUT2D eigenvalue weighted by molar-refractivity contribution is -0.138. The quantitative estimate of drug-likeness (QED) is 0.910. The molecule has 0 aliphatic rings. The molecule has 4 heteroatoms. The smallest absolute Gasteiger partial charge is 0.256 e. The third-order valence-electron chi connectivity index (χ3n) is 3.41. The molecular formula is C17H18ClNO2. The summed E-state index contributed by atoms with van der Waals surface area (Å²) >= 11 is 6.17. The number of nitrogens with one attached hydrogen (secondary N) is 1. The first-order valence-corrected chi connectivity index (χ1v) is 7.20. The van der Waals surface area contributed by atoms with E-state index in [0.29, 0.717) is 17.1 Å². The SMILES string of the molecule is CCNC(=O)C(C)(O)c1ccc(-c2ccccc2Cl)cc1. The normalized spacial score (nSPS) is 13.5. The number of amides is 1. The van der Waals surface area contributed by atoms with Crippen molar-refractivity contribution in [3.05, 3.63) is 59.1 Å². The Bertz CT molecular complexity index is 635. The van der Waals surface area contributed by atoms with Gasteiger partial charge in [0.1, 0.15) is 0 Å². The Morgan fingerprint density at radius 2 is 1.81 bits per heavy atom. The molecule has 2 N–H and O–H groups in total. The van der Waals surface area contributed by atoms with Crippen LogP contribution in [0.3, 0.4) is 0 Å². The van der Waals surface area contributed by atoms with Crippen LogP contribution in [0.15, 0.2) is 48.5 Å². The topological polar surface area (TPSA) is 49.3 Å². The molecule has 0 saturated carbocycles. The zero-order valence-electron chi connectivity index (χ0n) is 12.1. The lowest BCUT2D eigenvalue weighted by atomic mass is 9.93. The van der Waals surface area contributed by atoms with E-state index in [1.807, 2.05) is 43.3 Å². The van der Waals surface area contributed by atoms with Gasteiger partial charge in [-0.2, -0.15) is 0 Å². The van der Waals surface area contributed by atoms with Crippen LogP contribution in [-0.2, 0) is 10.4 Å². The highest BCUT2D eigenvalue weighted by molar-refractivity contribution is 6.33. The van der Waals surface area contributed by atoms with Crippen LogP contribution in [0, 0.1) is 0 Å². The summed E-state index contributed by atoms with van der Waals surface area (Å²) in [5.41, 5.74) is 0.860. The first-order chi connectivity index (χ1) is 9.96. The van der Waals surface area contributed by atoms with Crippen LogP contribution in [0.1, 0.15) is 19.4 Å². The minimum atomic E-state index is -1.55. The maximum absolute atomic E-state index is 11.9. The van der Waals surface area contributed by atoms with Crippen molar-refractivity contribution in [1.82, 2.24) is 5.32 Å². The van der Waals surface area contributed by atoms with Crippen LogP contribution < -0.4 is 5.32 Å². The van der Waals surface area contributed by atoms with Crippen LogP contribution in [0.4, 0.5) is 0 Å². The van der Waals surface area contributed by atoms with Crippen molar-refractivity contribution in [2.75, 3.05) is 6.54 Å². The summed E-state index contributed by atoms with van der Waals surface area (Å²) in [6.45, 7) is 3.78. The fraction of sp³-hybridized carbons (Fsp3) is 0.235. The van der Waals surface area contributed by atoms with Crippen molar-refractivity contribution < 1.29 is 9.90 Å². The van der Waals surface area contributed by atoms with E-state index >= 15 is 0 Å². The number of aliphatic hydroxyl groups is 1. The highest BCUT2D eigenvalue weighted by atomic mass is 35.5. The number of rotatable bonds is 4. The van der Waals surface area contributed by atoms with Gasteiger partial charge >= 0.3 is 0 Å². The maximum atomic E-state index is 11.9. The van der Waals surface area contributed by atoms with Crippen molar-refractivity contribution >= 4 is 17.5 Å². The van der Waals surface area contributed by atoms with Crippen molar-refractivity contribution in [2.45, 2.75) is 19.4 Å². The lowest BCUT2D eigenvalue weighted by Crippen LogP contribution is -2.42. The molecule has 2 aromatic rings. The van der Waals surface area contributed by atoms with Crippen LogP contribution in [0.5, 0.6) is 0 Å². The number of carbonyl (C=O) groups is 1. The number of carbonyl (C=O) groups excluding carboxylic acids is 1.